The minimum absolute atomic E-state index is 0.00507. The summed E-state index contributed by atoms with van der Waals surface area (Å²) in [7, 11) is 0. The van der Waals surface area contributed by atoms with Crippen molar-refractivity contribution in [2.45, 2.75) is 39.3 Å². The van der Waals surface area contributed by atoms with Gasteiger partial charge in [-0.2, -0.15) is 0 Å². The molecule has 5 heteroatoms. The van der Waals surface area contributed by atoms with E-state index in [0.29, 0.717) is 36.9 Å². The highest BCUT2D eigenvalue weighted by molar-refractivity contribution is 6.30. The SMILES string of the molecule is CC(C)CC1NC(=O)CCN(Cc2cccc(Cl)c2)C1=O. The van der Waals surface area contributed by atoms with E-state index in [0.717, 1.165) is 5.56 Å². The van der Waals surface area contributed by atoms with Gasteiger partial charge in [-0.1, -0.05) is 37.6 Å². The first-order chi connectivity index (χ1) is 9.95. The third-order valence-corrected chi connectivity index (χ3v) is 3.76. The largest absolute Gasteiger partial charge is 0.344 e. The Balaban J connectivity index is 2.13. The highest BCUT2D eigenvalue weighted by Crippen LogP contribution is 2.17. The van der Waals surface area contributed by atoms with Crippen LogP contribution in [0.25, 0.3) is 0 Å². The molecular weight excluding hydrogens is 288 g/mol. The highest BCUT2D eigenvalue weighted by Gasteiger charge is 2.30. The van der Waals surface area contributed by atoms with Gasteiger partial charge in [-0.15, -0.1) is 0 Å². The summed E-state index contributed by atoms with van der Waals surface area (Å²) in [6.45, 7) is 5.03. The second-order valence-electron chi connectivity index (χ2n) is 5.89. The standard InChI is InChI=1S/C16H21ClN2O2/c1-11(2)8-14-16(21)19(7-6-15(20)18-14)10-12-4-3-5-13(17)9-12/h3-5,9,11,14H,6-8,10H2,1-2H3,(H,18,20). The fourth-order valence-corrected chi connectivity index (χ4v) is 2.75. The summed E-state index contributed by atoms with van der Waals surface area (Å²) in [5.41, 5.74) is 0.980. The molecule has 1 aromatic rings. The molecule has 1 heterocycles. The van der Waals surface area contributed by atoms with Gasteiger partial charge in [0.25, 0.3) is 0 Å². The molecule has 1 atom stereocenters. The van der Waals surface area contributed by atoms with Crippen molar-refractivity contribution in [2.75, 3.05) is 6.54 Å². The lowest BCUT2D eigenvalue weighted by atomic mass is 10.0. The second-order valence-corrected chi connectivity index (χ2v) is 6.33. The molecule has 2 rings (SSSR count). The lowest BCUT2D eigenvalue weighted by molar-refractivity contribution is -0.134. The first-order valence-corrected chi connectivity index (χ1v) is 7.66. The van der Waals surface area contributed by atoms with Crippen LogP contribution in [-0.2, 0) is 16.1 Å². The van der Waals surface area contributed by atoms with Gasteiger partial charge in [0.1, 0.15) is 6.04 Å². The summed E-state index contributed by atoms with van der Waals surface area (Å²) in [6, 6.07) is 7.05. The lowest BCUT2D eigenvalue weighted by Crippen LogP contribution is -2.45. The lowest BCUT2D eigenvalue weighted by Gasteiger charge is -2.25. The number of carbonyl (C=O) groups excluding carboxylic acids is 2. The molecule has 21 heavy (non-hydrogen) atoms. The summed E-state index contributed by atoms with van der Waals surface area (Å²) in [4.78, 5) is 26.1. The van der Waals surface area contributed by atoms with Crippen LogP contribution < -0.4 is 5.32 Å². The molecule has 1 aromatic carbocycles. The van der Waals surface area contributed by atoms with Gasteiger partial charge in [0.15, 0.2) is 0 Å². The summed E-state index contributed by atoms with van der Waals surface area (Å²) in [5.74, 6) is 0.294. The van der Waals surface area contributed by atoms with E-state index in [1.54, 1.807) is 4.90 Å². The Labute approximate surface area is 130 Å². The van der Waals surface area contributed by atoms with Gasteiger partial charge >= 0.3 is 0 Å². The molecule has 1 aliphatic heterocycles. The van der Waals surface area contributed by atoms with Crippen molar-refractivity contribution in [3.63, 3.8) is 0 Å². The number of rotatable bonds is 4. The van der Waals surface area contributed by atoms with Crippen LogP contribution in [0.3, 0.4) is 0 Å². The summed E-state index contributed by atoms with van der Waals surface area (Å²) in [6.07, 6.45) is 1.01. The monoisotopic (exact) mass is 308 g/mol. The molecule has 0 aromatic heterocycles. The van der Waals surface area contributed by atoms with Gasteiger partial charge in [0.2, 0.25) is 11.8 Å². The average Bonchev–Trinajstić information content (AvgIpc) is 2.52. The fourth-order valence-electron chi connectivity index (χ4n) is 2.54. The van der Waals surface area contributed by atoms with Crippen LogP contribution in [-0.4, -0.2) is 29.3 Å². The molecule has 1 N–H and O–H groups in total. The molecule has 2 amide bonds. The molecule has 0 spiro atoms. The summed E-state index contributed by atoms with van der Waals surface area (Å²) >= 11 is 5.98. The number of carbonyl (C=O) groups is 2. The minimum atomic E-state index is -0.417. The van der Waals surface area contributed by atoms with Gasteiger partial charge in [-0.05, 0) is 30.0 Å². The Hall–Kier alpha value is -1.55. The van der Waals surface area contributed by atoms with E-state index in [9.17, 15) is 9.59 Å². The molecule has 0 radical (unpaired) electrons. The van der Waals surface area contributed by atoms with Gasteiger partial charge in [0.05, 0.1) is 0 Å². The number of nitrogens with zero attached hydrogens (tertiary/aromatic N) is 1. The van der Waals surface area contributed by atoms with E-state index in [-0.39, 0.29) is 11.8 Å². The van der Waals surface area contributed by atoms with Crippen LogP contribution in [0.2, 0.25) is 5.02 Å². The Morgan fingerprint density at radius 1 is 1.38 bits per heavy atom. The third kappa shape index (κ3) is 4.46. The normalized spacial score (nSPS) is 19.6. The minimum Gasteiger partial charge on any atom is -0.344 e. The molecule has 0 aliphatic carbocycles. The third-order valence-electron chi connectivity index (χ3n) is 3.52. The molecule has 1 saturated heterocycles. The van der Waals surface area contributed by atoms with Crippen molar-refractivity contribution in [3.05, 3.63) is 34.9 Å². The van der Waals surface area contributed by atoms with Crippen molar-refractivity contribution >= 4 is 23.4 Å². The number of halogens is 1. The molecule has 0 bridgehead atoms. The zero-order valence-electron chi connectivity index (χ0n) is 12.4. The van der Waals surface area contributed by atoms with Crippen LogP contribution in [0.5, 0.6) is 0 Å². The topological polar surface area (TPSA) is 49.4 Å². The maximum absolute atomic E-state index is 12.6. The molecule has 0 saturated carbocycles. The van der Waals surface area contributed by atoms with Crippen molar-refractivity contribution in [2.24, 2.45) is 5.92 Å². The maximum Gasteiger partial charge on any atom is 0.245 e. The van der Waals surface area contributed by atoms with Gasteiger partial charge in [0, 0.05) is 24.5 Å². The Kier molecular flexibility index (Phi) is 5.23. The van der Waals surface area contributed by atoms with Crippen LogP contribution in [0.4, 0.5) is 0 Å². The van der Waals surface area contributed by atoms with Crippen molar-refractivity contribution < 1.29 is 9.59 Å². The quantitative estimate of drug-likeness (QED) is 0.929. The van der Waals surface area contributed by atoms with E-state index in [4.69, 9.17) is 11.6 Å². The zero-order chi connectivity index (χ0) is 15.4. The molecule has 1 fully saturated rings. The highest BCUT2D eigenvalue weighted by atomic mass is 35.5. The maximum atomic E-state index is 12.6. The molecule has 114 valence electrons. The van der Waals surface area contributed by atoms with Gasteiger partial charge in [-0.3, -0.25) is 9.59 Å². The van der Waals surface area contributed by atoms with Gasteiger partial charge in [-0.25, -0.2) is 0 Å². The molecule has 4 nitrogen and oxygen atoms in total. The van der Waals surface area contributed by atoms with Crippen molar-refractivity contribution in [1.29, 1.82) is 0 Å². The van der Waals surface area contributed by atoms with Gasteiger partial charge < -0.3 is 10.2 Å². The Bertz CT molecular complexity index is 531. The van der Waals surface area contributed by atoms with Crippen molar-refractivity contribution in [1.82, 2.24) is 10.2 Å². The van der Waals surface area contributed by atoms with Crippen molar-refractivity contribution in [3.8, 4) is 0 Å². The smallest absolute Gasteiger partial charge is 0.245 e. The Morgan fingerprint density at radius 3 is 2.81 bits per heavy atom. The van der Waals surface area contributed by atoms with E-state index in [2.05, 4.69) is 5.32 Å². The predicted molar refractivity (Wildman–Crippen MR) is 82.9 cm³/mol. The molecular formula is C16H21ClN2O2. The fraction of sp³-hybridized carbons (Fsp3) is 0.500. The first kappa shape index (κ1) is 15.8. The van der Waals surface area contributed by atoms with E-state index >= 15 is 0 Å². The van der Waals surface area contributed by atoms with Crippen LogP contribution in [0.1, 0.15) is 32.3 Å². The summed E-state index contributed by atoms with van der Waals surface area (Å²) in [5, 5.41) is 3.49. The van der Waals surface area contributed by atoms with E-state index < -0.39 is 6.04 Å². The number of amides is 2. The second kappa shape index (κ2) is 6.94. The average molecular weight is 309 g/mol. The first-order valence-electron chi connectivity index (χ1n) is 7.28. The predicted octanol–water partition coefficient (Wildman–Crippen LogP) is 2.60. The zero-order valence-corrected chi connectivity index (χ0v) is 13.2. The van der Waals surface area contributed by atoms with Crippen LogP contribution >= 0.6 is 11.6 Å². The van der Waals surface area contributed by atoms with E-state index in [1.807, 2.05) is 38.1 Å². The number of hydrogen-bond acceptors (Lipinski definition) is 2. The number of hydrogen-bond donors (Lipinski definition) is 1. The van der Waals surface area contributed by atoms with Crippen LogP contribution in [0.15, 0.2) is 24.3 Å². The Morgan fingerprint density at radius 2 is 2.14 bits per heavy atom. The molecule has 1 aliphatic rings. The molecule has 1 unspecified atom stereocenters. The summed E-state index contributed by atoms with van der Waals surface area (Å²) < 4.78 is 0. The number of nitrogens with one attached hydrogen (secondary N) is 1. The van der Waals surface area contributed by atoms with Crippen LogP contribution in [0, 0.1) is 5.92 Å². The number of benzene rings is 1. The van der Waals surface area contributed by atoms with E-state index in [1.165, 1.54) is 0 Å².